The first-order valence-corrected chi connectivity index (χ1v) is 3.47. The van der Waals surface area contributed by atoms with Gasteiger partial charge in [0.15, 0.2) is 0 Å². The summed E-state index contributed by atoms with van der Waals surface area (Å²) in [7, 11) is 0. The van der Waals surface area contributed by atoms with Crippen molar-refractivity contribution in [3.8, 4) is 0 Å². The molecular weight excluding hydrogens is 162 g/mol. The quantitative estimate of drug-likeness (QED) is 0.557. The Morgan fingerprint density at radius 3 is 2.08 bits per heavy atom. The molecule has 0 aliphatic carbocycles. The summed E-state index contributed by atoms with van der Waals surface area (Å²) in [6.45, 7) is 6.30. The minimum Gasteiger partial charge on any atom is -0.442 e. The van der Waals surface area contributed by atoms with Crippen molar-refractivity contribution in [2.45, 2.75) is 33.3 Å². The van der Waals surface area contributed by atoms with Gasteiger partial charge in [-0.05, 0) is 20.8 Å². The van der Waals surface area contributed by atoms with Gasteiger partial charge in [-0.2, -0.15) is 0 Å². The van der Waals surface area contributed by atoms with Crippen LogP contribution in [0, 0.1) is 0 Å². The predicted octanol–water partition coefficient (Wildman–Crippen LogP) is 0.989. The maximum absolute atomic E-state index is 10.8. The molecule has 0 atom stereocenters. The zero-order valence-electron chi connectivity index (χ0n) is 7.63. The summed E-state index contributed by atoms with van der Waals surface area (Å²) in [5.74, 6) is -0.596. The van der Waals surface area contributed by atoms with Crippen molar-refractivity contribution in [1.29, 1.82) is 0 Å². The van der Waals surface area contributed by atoms with Gasteiger partial charge in [-0.25, -0.2) is 4.79 Å². The zero-order valence-corrected chi connectivity index (χ0v) is 7.63. The largest absolute Gasteiger partial charge is 0.442 e. The van der Waals surface area contributed by atoms with Crippen LogP contribution in [0.3, 0.4) is 0 Å². The molecule has 0 aromatic rings. The van der Waals surface area contributed by atoms with E-state index in [9.17, 15) is 9.59 Å². The van der Waals surface area contributed by atoms with Gasteiger partial charge >= 0.3 is 12.1 Å². The number of hydrogen-bond donors (Lipinski definition) is 1. The molecule has 0 unspecified atom stereocenters. The first-order chi connectivity index (χ1) is 5.31. The van der Waals surface area contributed by atoms with Crippen LogP contribution in [0.15, 0.2) is 0 Å². The van der Waals surface area contributed by atoms with E-state index < -0.39 is 17.7 Å². The number of carbonyl (C=O) groups is 2. The average molecular weight is 175 g/mol. The van der Waals surface area contributed by atoms with E-state index in [1.165, 1.54) is 6.92 Å². The Kier molecular flexibility index (Phi) is 3.53. The molecule has 0 saturated carbocycles. The van der Waals surface area contributed by atoms with Crippen molar-refractivity contribution in [3.63, 3.8) is 0 Å². The van der Waals surface area contributed by atoms with Crippen LogP contribution in [0.5, 0.6) is 0 Å². The Morgan fingerprint density at radius 1 is 1.25 bits per heavy atom. The maximum Gasteiger partial charge on any atom is 0.441 e. The van der Waals surface area contributed by atoms with Crippen molar-refractivity contribution in [3.05, 3.63) is 0 Å². The number of carbonyl (C=O) groups excluding carboxylic acids is 2. The molecule has 5 heteroatoms. The highest BCUT2D eigenvalue weighted by atomic mass is 16.7. The number of nitrogens with one attached hydrogen (secondary N) is 1. The van der Waals surface area contributed by atoms with Gasteiger partial charge in [0.1, 0.15) is 5.60 Å². The highest BCUT2D eigenvalue weighted by Gasteiger charge is 2.16. The summed E-state index contributed by atoms with van der Waals surface area (Å²) < 4.78 is 4.76. The molecule has 0 bridgehead atoms. The second-order valence-corrected chi connectivity index (χ2v) is 3.20. The third-order valence-corrected chi connectivity index (χ3v) is 0.677. The molecule has 0 saturated heterocycles. The molecule has 1 N–H and O–H groups in total. The van der Waals surface area contributed by atoms with E-state index >= 15 is 0 Å². The molecule has 0 aliphatic heterocycles. The number of hydrogen-bond acceptors (Lipinski definition) is 4. The van der Waals surface area contributed by atoms with Gasteiger partial charge in [-0.15, -0.1) is 5.48 Å². The van der Waals surface area contributed by atoms with Gasteiger partial charge in [0.05, 0.1) is 0 Å². The van der Waals surface area contributed by atoms with Crippen molar-refractivity contribution in [1.82, 2.24) is 5.48 Å². The summed E-state index contributed by atoms with van der Waals surface area (Å²) in [6, 6.07) is 0. The van der Waals surface area contributed by atoms with Gasteiger partial charge < -0.3 is 9.57 Å². The first-order valence-electron chi connectivity index (χ1n) is 3.47. The highest BCUT2D eigenvalue weighted by molar-refractivity contribution is 5.71. The van der Waals surface area contributed by atoms with Gasteiger partial charge in [0.25, 0.3) is 0 Å². The van der Waals surface area contributed by atoms with Crippen molar-refractivity contribution in [2.75, 3.05) is 0 Å². The fourth-order valence-corrected chi connectivity index (χ4v) is 0.412. The third kappa shape index (κ3) is 6.85. The summed E-state index contributed by atoms with van der Waals surface area (Å²) in [5, 5.41) is 0. The Balaban J connectivity index is 3.68. The Morgan fingerprint density at radius 2 is 1.75 bits per heavy atom. The van der Waals surface area contributed by atoms with Crippen molar-refractivity contribution < 1.29 is 19.2 Å². The second kappa shape index (κ2) is 3.94. The van der Waals surface area contributed by atoms with Crippen LogP contribution in [-0.2, 0) is 14.4 Å². The van der Waals surface area contributed by atoms with Crippen LogP contribution < -0.4 is 5.48 Å². The van der Waals surface area contributed by atoms with Crippen molar-refractivity contribution in [2.24, 2.45) is 0 Å². The Labute approximate surface area is 71.0 Å². The van der Waals surface area contributed by atoms with E-state index in [1.807, 2.05) is 5.48 Å². The monoisotopic (exact) mass is 175 g/mol. The standard InChI is InChI=1S/C7H13NO4/c1-5(9)12-8-6(10)11-7(2,3)4/h1-4H3,(H,8,10). The molecule has 0 aromatic heterocycles. The van der Waals surface area contributed by atoms with Gasteiger partial charge in [-0.1, -0.05) is 0 Å². The second-order valence-electron chi connectivity index (χ2n) is 3.20. The number of rotatable bonds is 0. The van der Waals surface area contributed by atoms with E-state index in [4.69, 9.17) is 4.74 Å². The number of amides is 1. The highest BCUT2D eigenvalue weighted by Crippen LogP contribution is 2.06. The molecule has 0 rings (SSSR count). The Bertz CT molecular complexity index is 182. The van der Waals surface area contributed by atoms with Gasteiger partial charge in [0, 0.05) is 6.92 Å². The minimum atomic E-state index is -0.780. The molecule has 0 aliphatic rings. The van der Waals surface area contributed by atoms with E-state index in [0.29, 0.717) is 0 Å². The summed E-state index contributed by atoms with van der Waals surface area (Å²) in [5.41, 5.74) is 1.23. The van der Waals surface area contributed by atoms with E-state index in [-0.39, 0.29) is 0 Å². The molecule has 0 spiro atoms. The summed E-state index contributed by atoms with van der Waals surface area (Å²) in [4.78, 5) is 25.2. The molecule has 1 amide bonds. The summed E-state index contributed by atoms with van der Waals surface area (Å²) in [6.07, 6.45) is -0.780. The summed E-state index contributed by atoms with van der Waals surface area (Å²) >= 11 is 0. The lowest BCUT2D eigenvalue weighted by atomic mass is 10.2. The fourth-order valence-electron chi connectivity index (χ4n) is 0.412. The lowest BCUT2D eigenvalue weighted by Crippen LogP contribution is -2.33. The SMILES string of the molecule is CC(=O)ONC(=O)OC(C)(C)C. The maximum atomic E-state index is 10.8. The van der Waals surface area contributed by atoms with Crippen LogP contribution in [-0.4, -0.2) is 17.7 Å². The van der Waals surface area contributed by atoms with E-state index in [2.05, 4.69) is 4.84 Å². The van der Waals surface area contributed by atoms with Crippen LogP contribution in [0.1, 0.15) is 27.7 Å². The van der Waals surface area contributed by atoms with Crippen LogP contribution in [0.2, 0.25) is 0 Å². The number of ether oxygens (including phenoxy) is 1. The topological polar surface area (TPSA) is 64.6 Å². The normalized spacial score (nSPS) is 10.3. The zero-order chi connectivity index (χ0) is 9.78. The predicted molar refractivity (Wildman–Crippen MR) is 41.1 cm³/mol. The molecule has 70 valence electrons. The van der Waals surface area contributed by atoms with Crippen molar-refractivity contribution >= 4 is 12.1 Å². The molecule has 5 nitrogen and oxygen atoms in total. The van der Waals surface area contributed by atoms with Crippen LogP contribution in [0.4, 0.5) is 4.79 Å². The lowest BCUT2D eigenvalue weighted by Gasteiger charge is -2.18. The van der Waals surface area contributed by atoms with Crippen LogP contribution in [0.25, 0.3) is 0 Å². The molecule has 12 heavy (non-hydrogen) atoms. The fraction of sp³-hybridized carbons (Fsp3) is 0.714. The van der Waals surface area contributed by atoms with E-state index in [1.54, 1.807) is 20.8 Å². The van der Waals surface area contributed by atoms with E-state index in [0.717, 1.165) is 0 Å². The average Bonchev–Trinajstić information content (AvgIpc) is 1.79. The van der Waals surface area contributed by atoms with Crippen LogP contribution >= 0.6 is 0 Å². The third-order valence-electron chi connectivity index (χ3n) is 0.677. The molecule has 0 aromatic carbocycles. The number of hydroxylamine groups is 1. The van der Waals surface area contributed by atoms with Gasteiger partial charge in [0.2, 0.25) is 0 Å². The molecular formula is C7H13NO4. The lowest BCUT2D eigenvalue weighted by molar-refractivity contribution is -0.147. The Hall–Kier alpha value is -1.26. The minimum absolute atomic E-state index is 0.593. The first kappa shape index (κ1) is 10.7. The smallest absolute Gasteiger partial charge is 0.441 e. The molecule has 0 radical (unpaired) electrons. The van der Waals surface area contributed by atoms with Gasteiger partial charge in [-0.3, -0.25) is 4.79 Å². The molecule has 0 heterocycles. The molecule has 0 fully saturated rings.